The molecule has 1 N–H and O–H groups in total. The molecule has 1 aliphatic rings. The smallest absolute Gasteiger partial charge is 0.257 e. The quantitative estimate of drug-likeness (QED) is 0.726. The maximum Gasteiger partial charge on any atom is 0.257 e. The Bertz CT molecular complexity index is 398. The predicted molar refractivity (Wildman–Crippen MR) is 55.8 cm³/mol. The number of hydrogen-bond donors (Lipinski definition) is 1. The summed E-state index contributed by atoms with van der Waals surface area (Å²) in [6.45, 7) is 2.38. The van der Waals surface area contributed by atoms with Crippen molar-refractivity contribution in [2.75, 3.05) is 13.1 Å². The van der Waals surface area contributed by atoms with E-state index in [4.69, 9.17) is 11.6 Å². The normalized spacial score (nSPS) is 18.5. The second-order valence-electron chi connectivity index (χ2n) is 4.00. The molecule has 1 aromatic heterocycles. The maximum absolute atomic E-state index is 11.8. The predicted octanol–water partition coefficient (Wildman–Crippen LogP) is 0.942. The fourth-order valence-corrected chi connectivity index (χ4v) is 1.84. The second kappa shape index (κ2) is 3.47. The molecular formula is C10H11ClN2O2. The van der Waals surface area contributed by atoms with E-state index in [0.29, 0.717) is 18.7 Å². The lowest BCUT2D eigenvalue weighted by molar-refractivity contribution is -0.0668. The van der Waals surface area contributed by atoms with Gasteiger partial charge in [-0.1, -0.05) is 11.6 Å². The first-order chi connectivity index (χ1) is 6.99. The van der Waals surface area contributed by atoms with E-state index in [2.05, 4.69) is 4.98 Å². The summed E-state index contributed by atoms with van der Waals surface area (Å²) in [5.41, 5.74) is -0.376. The third-order valence-electron chi connectivity index (χ3n) is 2.34. The van der Waals surface area contributed by atoms with Gasteiger partial charge in [-0.2, -0.15) is 0 Å². The SMILES string of the molecule is CC1(O)CN(C(=O)c2cccnc2Cl)C1. The number of nitrogens with zero attached hydrogens (tertiary/aromatic N) is 2. The van der Waals surface area contributed by atoms with Crippen LogP contribution in [0, 0.1) is 0 Å². The molecule has 80 valence electrons. The first kappa shape index (κ1) is 10.4. The molecule has 0 saturated carbocycles. The number of hydrogen-bond acceptors (Lipinski definition) is 3. The molecule has 0 aliphatic carbocycles. The van der Waals surface area contributed by atoms with Gasteiger partial charge in [-0.15, -0.1) is 0 Å². The van der Waals surface area contributed by atoms with Gasteiger partial charge in [0.25, 0.3) is 5.91 Å². The van der Waals surface area contributed by atoms with Gasteiger partial charge in [0.05, 0.1) is 24.3 Å². The Kier molecular flexibility index (Phi) is 2.40. The van der Waals surface area contributed by atoms with Gasteiger partial charge in [0.1, 0.15) is 5.15 Å². The summed E-state index contributed by atoms with van der Waals surface area (Å²) in [5, 5.41) is 9.71. The molecule has 0 unspecified atom stereocenters. The summed E-state index contributed by atoms with van der Waals surface area (Å²) in [4.78, 5) is 17.2. The molecule has 0 bridgehead atoms. The fourth-order valence-electron chi connectivity index (χ4n) is 1.64. The topological polar surface area (TPSA) is 53.4 Å². The van der Waals surface area contributed by atoms with Gasteiger partial charge >= 0.3 is 0 Å². The number of carbonyl (C=O) groups is 1. The highest BCUT2D eigenvalue weighted by Gasteiger charge is 2.40. The van der Waals surface area contributed by atoms with Crippen LogP contribution in [0.25, 0.3) is 0 Å². The van der Waals surface area contributed by atoms with E-state index in [9.17, 15) is 9.90 Å². The van der Waals surface area contributed by atoms with Crippen molar-refractivity contribution in [1.29, 1.82) is 0 Å². The maximum atomic E-state index is 11.8. The molecule has 1 aromatic rings. The molecule has 2 rings (SSSR count). The van der Waals surface area contributed by atoms with Crippen molar-refractivity contribution in [1.82, 2.24) is 9.88 Å². The molecule has 2 heterocycles. The van der Waals surface area contributed by atoms with Gasteiger partial charge < -0.3 is 10.0 Å². The van der Waals surface area contributed by atoms with Crippen LogP contribution in [0.2, 0.25) is 5.15 Å². The van der Waals surface area contributed by atoms with Crippen LogP contribution in [-0.4, -0.2) is 39.6 Å². The van der Waals surface area contributed by atoms with Gasteiger partial charge in [-0.05, 0) is 19.1 Å². The van der Waals surface area contributed by atoms with Crippen LogP contribution < -0.4 is 0 Å². The second-order valence-corrected chi connectivity index (χ2v) is 4.36. The number of halogens is 1. The van der Waals surface area contributed by atoms with Gasteiger partial charge in [0.15, 0.2) is 0 Å². The summed E-state index contributed by atoms with van der Waals surface area (Å²) in [7, 11) is 0. The number of aromatic nitrogens is 1. The standard InChI is InChI=1S/C10H11ClN2O2/c1-10(15)5-13(6-10)9(14)7-3-2-4-12-8(7)11/h2-4,15H,5-6H2,1H3. The van der Waals surface area contributed by atoms with Crippen molar-refractivity contribution >= 4 is 17.5 Å². The molecule has 0 atom stereocenters. The van der Waals surface area contributed by atoms with Crippen molar-refractivity contribution in [2.24, 2.45) is 0 Å². The number of likely N-dealkylation sites (tertiary alicyclic amines) is 1. The van der Waals surface area contributed by atoms with Crippen LogP contribution in [-0.2, 0) is 0 Å². The molecule has 1 fully saturated rings. The summed E-state index contributed by atoms with van der Waals surface area (Å²) >= 11 is 5.79. The largest absolute Gasteiger partial charge is 0.386 e. The zero-order valence-electron chi connectivity index (χ0n) is 8.27. The lowest BCUT2D eigenvalue weighted by Crippen LogP contribution is -2.61. The monoisotopic (exact) mass is 226 g/mol. The Hall–Kier alpha value is -1.13. The lowest BCUT2D eigenvalue weighted by atomic mass is 9.96. The van der Waals surface area contributed by atoms with Crippen LogP contribution in [0.1, 0.15) is 17.3 Å². The van der Waals surface area contributed by atoms with Crippen molar-refractivity contribution in [3.05, 3.63) is 29.0 Å². The molecule has 1 saturated heterocycles. The number of amides is 1. The number of pyridine rings is 1. The van der Waals surface area contributed by atoms with E-state index in [1.54, 1.807) is 24.0 Å². The Morgan fingerprint density at radius 3 is 2.87 bits per heavy atom. The Morgan fingerprint density at radius 2 is 2.33 bits per heavy atom. The van der Waals surface area contributed by atoms with E-state index >= 15 is 0 Å². The van der Waals surface area contributed by atoms with Crippen LogP contribution in [0.4, 0.5) is 0 Å². The average molecular weight is 227 g/mol. The van der Waals surface area contributed by atoms with Crippen LogP contribution in [0.5, 0.6) is 0 Å². The minimum Gasteiger partial charge on any atom is -0.386 e. The van der Waals surface area contributed by atoms with Crippen LogP contribution >= 0.6 is 11.6 Å². The summed E-state index contributed by atoms with van der Waals surface area (Å²) in [6.07, 6.45) is 1.53. The number of β-amino-alcohol motifs (C(OH)–C–C–N with tert-alkyl or cyclic N) is 1. The van der Waals surface area contributed by atoms with E-state index in [0.717, 1.165) is 0 Å². The Labute approximate surface area is 92.5 Å². The molecule has 15 heavy (non-hydrogen) atoms. The highest BCUT2D eigenvalue weighted by Crippen LogP contribution is 2.23. The van der Waals surface area contributed by atoms with Crippen molar-refractivity contribution < 1.29 is 9.90 Å². The average Bonchev–Trinajstić information content (AvgIpc) is 2.14. The molecule has 4 nitrogen and oxygen atoms in total. The number of aliphatic hydroxyl groups is 1. The molecule has 1 aliphatic heterocycles. The van der Waals surface area contributed by atoms with E-state index < -0.39 is 5.60 Å². The molecule has 5 heteroatoms. The highest BCUT2D eigenvalue weighted by molar-refractivity contribution is 6.32. The fraction of sp³-hybridized carbons (Fsp3) is 0.400. The minimum absolute atomic E-state index is 0.181. The van der Waals surface area contributed by atoms with Gasteiger partial charge in [0.2, 0.25) is 0 Å². The third kappa shape index (κ3) is 1.96. The zero-order valence-corrected chi connectivity index (χ0v) is 9.03. The van der Waals surface area contributed by atoms with Crippen molar-refractivity contribution in [3.63, 3.8) is 0 Å². The first-order valence-corrected chi connectivity index (χ1v) is 4.99. The minimum atomic E-state index is -0.760. The first-order valence-electron chi connectivity index (χ1n) is 4.62. The summed E-state index contributed by atoms with van der Waals surface area (Å²) < 4.78 is 0. The third-order valence-corrected chi connectivity index (χ3v) is 2.64. The molecular weight excluding hydrogens is 216 g/mol. The van der Waals surface area contributed by atoms with Gasteiger partial charge in [0, 0.05) is 6.20 Å². The van der Waals surface area contributed by atoms with Gasteiger partial charge in [-0.25, -0.2) is 4.98 Å². The zero-order chi connectivity index (χ0) is 11.1. The molecule has 0 spiro atoms. The number of carbonyl (C=O) groups excluding carboxylic acids is 1. The summed E-state index contributed by atoms with van der Waals surface area (Å²) in [6, 6.07) is 3.29. The van der Waals surface area contributed by atoms with Crippen LogP contribution in [0.15, 0.2) is 18.3 Å². The Morgan fingerprint density at radius 1 is 1.67 bits per heavy atom. The van der Waals surface area contributed by atoms with E-state index in [-0.39, 0.29) is 11.1 Å². The Balaban J connectivity index is 2.14. The molecule has 0 aromatic carbocycles. The number of rotatable bonds is 1. The highest BCUT2D eigenvalue weighted by atomic mass is 35.5. The van der Waals surface area contributed by atoms with E-state index in [1.165, 1.54) is 6.20 Å². The molecule has 1 amide bonds. The lowest BCUT2D eigenvalue weighted by Gasteiger charge is -2.44. The van der Waals surface area contributed by atoms with Crippen molar-refractivity contribution in [3.8, 4) is 0 Å². The molecule has 0 radical (unpaired) electrons. The van der Waals surface area contributed by atoms with Gasteiger partial charge in [-0.3, -0.25) is 4.79 Å². The summed E-state index contributed by atoms with van der Waals surface area (Å²) in [5.74, 6) is -0.181. The van der Waals surface area contributed by atoms with Crippen molar-refractivity contribution in [2.45, 2.75) is 12.5 Å². The van der Waals surface area contributed by atoms with E-state index in [1.807, 2.05) is 0 Å². The van der Waals surface area contributed by atoms with Crippen LogP contribution in [0.3, 0.4) is 0 Å².